The Morgan fingerprint density at radius 2 is 1.89 bits per heavy atom. The van der Waals surface area contributed by atoms with Crippen LogP contribution in [0.1, 0.15) is 25.6 Å². The molecule has 35 heavy (non-hydrogen) atoms. The first-order valence-electron chi connectivity index (χ1n) is 10.4. The Kier molecular flexibility index (Phi) is 6.02. The Labute approximate surface area is 202 Å². The Hall–Kier alpha value is -4.44. The Balaban J connectivity index is 1.26. The molecule has 2 N–H and O–H groups in total. The molecule has 0 fully saturated rings. The highest BCUT2D eigenvalue weighted by Gasteiger charge is 2.19. The largest absolute Gasteiger partial charge is 0.478 e. The van der Waals surface area contributed by atoms with Crippen molar-refractivity contribution >= 4 is 23.2 Å². The zero-order chi connectivity index (χ0) is 24.4. The third-order valence-electron chi connectivity index (χ3n) is 5.23. The van der Waals surface area contributed by atoms with Crippen LogP contribution in [0.3, 0.4) is 0 Å². The number of carboxylic acid groups (broad SMARTS) is 1. The first-order chi connectivity index (χ1) is 17.0. The van der Waals surface area contributed by atoms with Crippen LogP contribution in [-0.2, 0) is 6.54 Å². The van der Waals surface area contributed by atoms with Crippen molar-refractivity contribution < 1.29 is 33.3 Å². The van der Waals surface area contributed by atoms with Crippen LogP contribution < -0.4 is 19.5 Å². The number of thiazole rings is 1. The standard InChI is InChI=1S/C25H17FN2O6S/c26-19-9-15(14-2-1-3-16(8-14)25(30)31)4-5-17(19)11-27-23(29)22-24(28-12-35-22)34-18-6-7-20-21(10-18)33-13-32-20/h1-10,12H,11,13H2,(H,27,29)(H,30,31). The first-order valence-corrected chi connectivity index (χ1v) is 11.3. The van der Waals surface area contributed by atoms with Crippen molar-refractivity contribution in [3.05, 3.63) is 88.0 Å². The van der Waals surface area contributed by atoms with Gasteiger partial charge in [0.25, 0.3) is 5.91 Å². The minimum Gasteiger partial charge on any atom is -0.478 e. The number of fused-ring (bicyclic) bond motifs is 1. The summed E-state index contributed by atoms with van der Waals surface area (Å²) in [6.07, 6.45) is 0. The van der Waals surface area contributed by atoms with E-state index in [1.807, 2.05) is 0 Å². The monoisotopic (exact) mass is 492 g/mol. The van der Waals surface area contributed by atoms with E-state index in [0.717, 1.165) is 11.3 Å². The summed E-state index contributed by atoms with van der Waals surface area (Å²) in [5, 5.41) is 11.8. The third-order valence-corrected chi connectivity index (χ3v) is 6.04. The highest BCUT2D eigenvalue weighted by Crippen LogP contribution is 2.37. The highest BCUT2D eigenvalue weighted by molar-refractivity contribution is 7.12. The number of carboxylic acids is 1. The lowest BCUT2D eigenvalue weighted by atomic mass is 10.0. The number of nitrogens with zero attached hydrogens (tertiary/aromatic N) is 1. The smallest absolute Gasteiger partial charge is 0.335 e. The van der Waals surface area contributed by atoms with Crippen LogP contribution in [0, 0.1) is 5.82 Å². The van der Waals surface area contributed by atoms with Crippen LogP contribution in [0.15, 0.2) is 66.2 Å². The van der Waals surface area contributed by atoms with Crippen molar-refractivity contribution in [3.8, 4) is 34.3 Å². The van der Waals surface area contributed by atoms with E-state index in [9.17, 15) is 14.0 Å². The van der Waals surface area contributed by atoms with Gasteiger partial charge in [-0.2, -0.15) is 0 Å². The number of rotatable bonds is 7. The second-order valence-electron chi connectivity index (χ2n) is 7.48. The van der Waals surface area contributed by atoms with E-state index in [4.69, 9.17) is 19.3 Å². The molecule has 1 aliphatic rings. The predicted octanol–water partition coefficient (Wildman–Crippen LogP) is 5.10. The van der Waals surface area contributed by atoms with Gasteiger partial charge in [-0.3, -0.25) is 4.79 Å². The maximum absolute atomic E-state index is 14.7. The molecule has 0 aliphatic carbocycles. The fraction of sp³-hybridized carbons (Fsp3) is 0.0800. The molecule has 0 saturated carbocycles. The molecule has 0 radical (unpaired) electrons. The summed E-state index contributed by atoms with van der Waals surface area (Å²) in [6, 6.07) is 15.8. The Morgan fingerprint density at radius 1 is 1.06 bits per heavy atom. The Morgan fingerprint density at radius 3 is 2.71 bits per heavy atom. The van der Waals surface area contributed by atoms with E-state index in [1.54, 1.807) is 42.5 Å². The molecule has 1 aliphatic heterocycles. The van der Waals surface area contributed by atoms with Gasteiger partial charge in [0.1, 0.15) is 11.6 Å². The summed E-state index contributed by atoms with van der Waals surface area (Å²) in [5.41, 5.74) is 2.98. The SMILES string of the molecule is O=C(O)c1cccc(-c2ccc(CNC(=O)c3scnc3Oc3ccc4c(c3)OCO4)c(F)c2)c1. The van der Waals surface area contributed by atoms with Crippen molar-refractivity contribution in [2.75, 3.05) is 6.79 Å². The van der Waals surface area contributed by atoms with E-state index in [-0.39, 0.29) is 35.2 Å². The molecule has 1 aromatic heterocycles. The van der Waals surface area contributed by atoms with Gasteiger partial charge in [-0.25, -0.2) is 14.2 Å². The van der Waals surface area contributed by atoms with Gasteiger partial charge in [0.15, 0.2) is 16.4 Å². The fourth-order valence-electron chi connectivity index (χ4n) is 3.47. The van der Waals surface area contributed by atoms with Gasteiger partial charge in [-0.15, -0.1) is 11.3 Å². The lowest BCUT2D eigenvalue weighted by Crippen LogP contribution is -2.22. The van der Waals surface area contributed by atoms with E-state index in [1.165, 1.54) is 23.7 Å². The lowest BCUT2D eigenvalue weighted by Gasteiger charge is -2.09. The maximum atomic E-state index is 14.7. The van der Waals surface area contributed by atoms with Gasteiger partial charge < -0.3 is 24.6 Å². The van der Waals surface area contributed by atoms with E-state index >= 15 is 0 Å². The maximum Gasteiger partial charge on any atom is 0.335 e. The number of hydrogen-bond donors (Lipinski definition) is 2. The van der Waals surface area contributed by atoms with Gasteiger partial charge in [-0.1, -0.05) is 24.3 Å². The summed E-state index contributed by atoms with van der Waals surface area (Å²) in [4.78, 5) is 28.3. The van der Waals surface area contributed by atoms with Crippen LogP contribution in [0.25, 0.3) is 11.1 Å². The normalized spacial score (nSPS) is 11.8. The molecule has 0 bridgehead atoms. The van der Waals surface area contributed by atoms with Gasteiger partial charge >= 0.3 is 5.97 Å². The summed E-state index contributed by atoms with van der Waals surface area (Å²) >= 11 is 1.10. The van der Waals surface area contributed by atoms with Crippen LogP contribution >= 0.6 is 11.3 Å². The molecule has 2 heterocycles. The molecule has 0 unspecified atom stereocenters. The minimum absolute atomic E-state index is 0.0541. The van der Waals surface area contributed by atoms with Crippen molar-refractivity contribution in [2.45, 2.75) is 6.54 Å². The number of aromatic nitrogens is 1. The number of carbonyl (C=O) groups is 2. The van der Waals surface area contributed by atoms with Gasteiger partial charge in [0.05, 0.1) is 11.1 Å². The number of carbonyl (C=O) groups excluding carboxylic acids is 1. The average Bonchev–Trinajstić information content (AvgIpc) is 3.52. The first kappa shape index (κ1) is 22.4. The summed E-state index contributed by atoms with van der Waals surface area (Å²) in [7, 11) is 0. The molecule has 5 rings (SSSR count). The van der Waals surface area contributed by atoms with E-state index in [0.29, 0.717) is 28.4 Å². The molecule has 4 aromatic rings. The van der Waals surface area contributed by atoms with Crippen molar-refractivity contribution in [3.63, 3.8) is 0 Å². The zero-order valence-corrected chi connectivity index (χ0v) is 18.8. The highest BCUT2D eigenvalue weighted by atomic mass is 32.1. The van der Waals surface area contributed by atoms with Crippen LogP contribution in [0.5, 0.6) is 23.1 Å². The number of amides is 1. The average molecular weight is 492 g/mol. The molecule has 10 heteroatoms. The topological polar surface area (TPSA) is 107 Å². The number of benzene rings is 3. The summed E-state index contributed by atoms with van der Waals surface area (Å²) < 4.78 is 31.1. The van der Waals surface area contributed by atoms with Gasteiger partial charge in [0.2, 0.25) is 12.7 Å². The number of hydrogen-bond acceptors (Lipinski definition) is 7. The molecular formula is C25H17FN2O6S. The zero-order valence-electron chi connectivity index (χ0n) is 18.0. The molecule has 1 amide bonds. The van der Waals surface area contributed by atoms with E-state index < -0.39 is 17.7 Å². The van der Waals surface area contributed by atoms with Crippen LogP contribution in [-0.4, -0.2) is 28.8 Å². The Bertz CT molecular complexity index is 1440. The molecule has 176 valence electrons. The second-order valence-corrected chi connectivity index (χ2v) is 8.33. The van der Waals surface area contributed by atoms with Gasteiger partial charge in [-0.05, 0) is 41.5 Å². The molecule has 0 saturated heterocycles. The van der Waals surface area contributed by atoms with Gasteiger partial charge in [0, 0.05) is 18.2 Å². The predicted molar refractivity (Wildman–Crippen MR) is 125 cm³/mol. The number of halogens is 1. The minimum atomic E-state index is -1.06. The summed E-state index contributed by atoms with van der Waals surface area (Å²) in [6.45, 7) is 0.0802. The fourth-order valence-corrected chi connectivity index (χ4v) is 4.10. The van der Waals surface area contributed by atoms with E-state index in [2.05, 4.69) is 10.3 Å². The number of nitrogens with one attached hydrogen (secondary N) is 1. The molecular weight excluding hydrogens is 475 g/mol. The van der Waals surface area contributed by atoms with Crippen LogP contribution in [0.2, 0.25) is 0 Å². The van der Waals surface area contributed by atoms with Crippen molar-refractivity contribution in [1.82, 2.24) is 10.3 Å². The second kappa shape index (κ2) is 9.43. The molecule has 8 nitrogen and oxygen atoms in total. The summed E-state index contributed by atoms with van der Waals surface area (Å²) in [5.74, 6) is -0.334. The molecule has 0 atom stereocenters. The third kappa shape index (κ3) is 4.78. The number of aromatic carboxylic acids is 1. The number of ether oxygens (including phenoxy) is 3. The quantitative estimate of drug-likeness (QED) is 0.370. The van der Waals surface area contributed by atoms with Crippen LogP contribution in [0.4, 0.5) is 4.39 Å². The lowest BCUT2D eigenvalue weighted by molar-refractivity contribution is 0.0696. The molecule has 0 spiro atoms. The van der Waals surface area contributed by atoms with Crippen molar-refractivity contribution in [2.24, 2.45) is 0 Å². The molecule has 3 aromatic carbocycles. The van der Waals surface area contributed by atoms with Crippen molar-refractivity contribution in [1.29, 1.82) is 0 Å².